The molecule has 0 atom stereocenters. The first-order valence-electron chi connectivity index (χ1n) is 5.10. The molecule has 0 fully saturated rings. The third-order valence-corrected chi connectivity index (χ3v) is 3.35. The molecule has 10 heteroatoms. The largest absolute Gasteiger partial charge is 0.269 e. The van der Waals surface area contributed by atoms with Gasteiger partial charge in [0.1, 0.15) is 11.6 Å². The van der Waals surface area contributed by atoms with Gasteiger partial charge in [0.2, 0.25) is 0 Å². The van der Waals surface area contributed by atoms with Gasteiger partial charge in [-0.2, -0.15) is 10.4 Å². The standard InChI is InChI=1S/C10H7N5O4S/c11-5-7-6-13-14(10(7)20(12,18)19)8-1-3-9(4-2-8)15(16)17/h1-4,6H,(H2,12,18,19). The molecule has 1 aromatic carbocycles. The molecule has 2 N–H and O–H groups in total. The van der Waals surface area contributed by atoms with Crippen molar-refractivity contribution >= 4 is 15.7 Å². The average Bonchev–Trinajstić information content (AvgIpc) is 2.82. The van der Waals surface area contributed by atoms with Gasteiger partial charge in [-0.05, 0) is 12.1 Å². The number of hydrogen-bond acceptors (Lipinski definition) is 6. The number of nitro groups is 1. The normalized spacial score (nSPS) is 11.0. The molecule has 0 aliphatic carbocycles. The zero-order valence-electron chi connectivity index (χ0n) is 9.79. The molecule has 0 spiro atoms. The Bertz CT molecular complexity index is 816. The van der Waals surface area contributed by atoms with Crippen LogP contribution in [0.4, 0.5) is 5.69 Å². The lowest BCUT2D eigenvalue weighted by Crippen LogP contribution is -2.18. The Hall–Kier alpha value is -2.77. The van der Waals surface area contributed by atoms with E-state index in [4.69, 9.17) is 10.4 Å². The van der Waals surface area contributed by atoms with Crippen LogP contribution in [0.25, 0.3) is 5.69 Å². The zero-order valence-corrected chi connectivity index (χ0v) is 10.6. The van der Waals surface area contributed by atoms with E-state index in [0.717, 1.165) is 10.9 Å². The molecule has 0 bridgehead atoms. The summed E-state index contributed by atoms with van der Waals surface area (Å²) in [4.78, 5) is 9.96. The number of nitro benzene ring substituents is 1. The number of nitrogens with two attached hydrogens (primary N) is 1. The second-order valence-electron chi connectivity index (χ2n) is 3.71. The van der Waals surface area contributed by atoms with Crippen molar-refractivity contribution in [2.75, 3.05) is 0 Å². The van der Waals surface area contributed by atoms with Crippen LogP contribution in [0.2, 0.25) is 0 Å². The van der Waals surface area contributed by atoms with Crippen molar-refractivity contribution in [3.8, 4) is 11.8 Å². The van der Waals surface area contributed by atoms with Crippen LogP contribution >= 0.6 is 0 Å². The fourth-order valence-electron chi connectivity index (χ4n) is 1.59. The van der Waals surface area contributed by atoms with Gasteiger partial charge in [-0.1, -0.05) is 0 Å². The lowest BCUT2D eigenvalue weighted by atomic mass is 10.3. The Morgan fingerprint density at radius 2 is 1.95 bits per heavy atom. The summed E-state index contributed by atoms with van der Waals surface area (Å²) >= 11 is 0. The minimum Gasteiger partial charge on any atom is -0.258 e. The van der Waals surface area contributed by atoms with E-state index in [1.807, 2.05) is 0 Å². The number of nitrogens with zero attached hydrogens (tertiary/aromatic N) is 4. The van der Waals surface area contributed by atoms with Crippen LogP contribution in [-0.4, -0.2) is 23.1 Å². The third kappa shape index (κ3) is 2.35. The molecule has 0 saturated heterocycles. The highest BCUT2D eigenvalue weighted by Crippen LogP contribution is 2.20. The average molecular weight is 293 g/mol. The molecule has 0 saturated carbocycles. The van der Waals surface area contributed by atoms with E-state index >= 15 is 0 Å². The lowest BCUT2D eigenvalue weighted by molar-refractivity contribution is -0.384. The zero-order chi connectivity index (χ0) is 14.9. The second-order valence-corrected chi connectivity index (χ2v) is 5.18. The number of primary sulfonamides is 1. The number of benzene rings is 1. The number of hydrogen-bond donors (Lipinski definition) is 1. The molecular weight excluding hydrogens is 286 g/mol. The van der Waals surface area contributed by atoms with Crippen molar-refractivity contribution in [3.63, 3.8) is 0 Å². The number of nitriles is 1. The first-order chi connectivity index (χ1) is 9.34. The predicted molar refractivity (Wildman–Crippen MR) is 66.3 cm³/mol. The van der Waals surface area contributed by atoms with Crippen LogP contribution < -0.4 is 5.14 Å². The quantitative estimate of drug-likeness (QED) is 0.636. The molecule has 0 radical (unpaired) electrons. The van der Waals surface area contributed by atoms with E-state index in [9.17, 15) is 18.5 Å². The van der Waals surface area contributed by atoms with Crippen LogP contribution in [0.5, 0.6) is 0 Å². The van der Waals surface area contributed by atoms with Crippen molar-refractivity contribution in [3.05, 3.63) is 46.1 Å². The first kappa shape index (κ1) is 13.7. The summed E-state index contributed by atoms with van der Waals surface area (Å²) in [7, 11) is -4.16. The molecule has 1 heterocycles. The summed E-state index contributed by atoms with van der Waals surface area (Å²) in [6, 6.07) is 6.67. The molecule has 2 rings (SSSR count). The molecule has 1 aromatic heterocycles. The Morgan fingerprint density at radius 3 is 2.40 bits per heavy atom. The molecule has 20 heavy (non-hydrogen) atoms. The minimum absolute atomic E-state index is 0.154. The van der Waals surface area contributed by atoms with Gasteiger partial charge < -0.3 is 0 Å². The highest BCUT2D eigenvalue weighted by atomic mass is 32.2. The Labute approximate surface area is 113 Å². The SMILES string of the molecule is N#Cc1cnn(-c2ccc([N+](=O)[O-])cc2)c1S(N)(=O)=O. The maximum Gasteiger partial charge on any atom is 0.269 e. The number of non-ortho nitro benzene ring substituents is 1. The summed E-state index contributed by atoms with van der Waals surface area (Å²) in [5.74, 6) is 0. The van der Waals surface area contributed by atoms with E-state index in [1.54, 1.807) is 6.07 Å². The van der Waals surface area contributed by atoms with E-state index < -0.39 is 20.0 Å². The summed E-state index contributed by atoms with van der Waals surface area (Å²) in [6.07, 6.45) is 1.06. The van der Waals surface area contributed by atoms with Crippen molar-refractivity contribution in [1.82, 2.24) is 9.78 Å². The van der Waals surface area contributed by atoms with Crippen LogP contribution in [0, 0.1) is 21.4 Å². The molecular formula is C10H7N5O4S. The molecule has 102 valence electrons. The van der Waals surface area contributed by atoms with Crippen molar-refractivity contribution < 1.29 is 13.3 Å². The fraction of sp³-hybridized carbons (Fsp3) is 0. The highest BCUT2D eigenvalue weighted by Gasteiger charge is 2.22. The van der Waals surface area contributed by atoms with Crippen LogP contribution in [0.3, 0.4) is 0 Å². The topological polar surface area (TPSA) is 145 Å². The molecule has 9 nitrogen and oxygen atoms in total. The maximum absolute atomic E-state index is 11.5. The van der Waals surface area contributed by atoms with Crippen LogP contribution in [0.1, 0.15) is 5.56 Å². The maximum atomic E-state index is 11.5. The molecule has 0 aliphatic rings. The number of rotatable bonds is 3. The smallest absolute Gasteiger partial charge is 0.258 e. The van der Waals surface area contributed by atoms with E-state index in [1.165, 1.54) is 24.3 Å². The Morgan fingerprint density at radius 1 is 1.35 bits per heavy atom. The Balaban J connectivity index is 2.62. The summed E-state index contributed by atoms with van der Waals surface area (Å²) in [5, 5.41) is 27.7. The first-order valence-corrected chi connectivity index (χ1v) is 6.65. The number of aromatic nitrogens is 2. The lowest BCUT2D eigenvalue weighted by Gasteiger charge is -2.05. The van der Waals surface area contributed by atoms with E-state index in [-0.39, 0.29) is 16.9 Å². The van der Waals surface area contributed by atoms with Crippen LogP contribution in [-0.2, 0) is 10.0 Å². The number of sulfonamides is 1. The second kappa shape index (κ2) is 4.72. The Kier molecular flexibility index (Phi) is 3.23. The van der Waals surface area contributed by atoms with Gasteiger partial charge in [-0.25, -0.2) is 18.2 Å². The van der Waals surface area contributed by atoms with Gasteiger partial charge in [0, 0.05) is 12.1 Å². The highest BCUT2D eigenvalue weighted by molar-refractivity contribution is 7.89. The van der Waals surface area contributed by atoms with Gasteiger partial charge >= 0.3 is 0 Å². The summed E-state index contributed by atoms with van der Waals surface area (Å²) < 4.78 is 23.9. The van der Waals surface area contributed by atoms with Crippen molar-refractivity contribution in [1.29, 1.82) is 5.26 Å². The monoisotopic (exact) mass is 293 g/mol. The predicted octanol–water partition coefficient (Wildman–Crippen LogP) is 0.300. The van der Waals surface area contributed by atoms with E-state index in [0.29, 0.717) is 0 Å². The molecule has 2 aromatic rings. The van der Waals surface area contributed by atoms with Crippen molar-refractivity contribution in [2.24, 2.45) is 5.14 Å². The van der Waals surface area contributed by atoms with Gasteiger partial charge in [0.15, 0.2) is 5.03 Å². The van der Waals surface area contributed by atoms with Crippen molar-refractivity contribution in [2.45, 2.75) is 5.03 Å². The van der Waals surface area contributed by atoms with Crippen LogP contribution in [0.15, 0.2) is 35.5 Å². The summed E-state index contributed by atoms with van der Waals surface area (Å²) in [6.45, 7) is 0. The molecule has 0 amide bonds. The minimum atomic E-state index is -4.16. The van der Waals surface area contributed by atoms with Gasteiger partial charge in [0.05, 0.1) is 16.8 Å². The fourth-order valence-corrected chi connectivity index (χ4v) is 2.39. The summed E-state index contributed by atoms with van der Waals surface area (Å²) in [5.41, 5.74) is -0.120. The molecule has 0 aliphatic heterocycles. The van der Waals surface area contributed by atoms with E-state index in [2.05, 4.69) is 5.10 Å². The van der Waals surface area contributed by atoms with Gasteiger partial charge in [0.25, 0.3) is 15.7 Å². The van der Waals surface area contributed by atoms with Gasteiger partial charge in [-0.3, -0.25) is 10.1 Å². The third-order valence-electron chi connectivity index (χ3n) is 2.42. The molecule has 0 unspecified atom stereocenters. The van der Waals surface area contributed by atoms with Gasteiger partial charge in [-0.15, -0.1) is 0 Å².